The van der Waals surface area contributed by atoms with Crippen LogP contribution in [0.4, 0.5) is 10.1 Å². The molecule has 7 heteroatoms. The minimum atomic E-state index is -0.652. The van der Waals surface area contributed by atoms with Crippen LogP contribution >= 0.6 is 22.6 Å². The minimum absolute atomic E-state index is 0.0150. The monoisotopic (exact) mass is 460 g/mol. The molecule has 0 fully saturated rings. The molecule has 0 spiro atoms. The van der Waals surface area contributed by atoms with Gasteiger partial charge in [0.1, 0.15) is 5.82 Å². The molecule has 2 rings (SSSR count). The first kappa shape index (κ1) is 21.3. The average Bonchev–Trinajstić information content (AvgIpc) is 2.56. The van der Waals surface area contributed by atoms with Crippen molar-refractivity contribution in [1.29, 1.82) is 0 Å². The number of amides is 1. The molecule has 1 atom stereocenters. The Labute approximate surface area is 160 Å². The van der Waals surface area contributed by atoms with Crippen molar-refractivity contribution in [2.75, 3.05) is 12.3 Å². The number of hydroxylamine groups is 1. The number of halogens is 2. The molecule has 0 saturated carbocycles. The van der Waals surface area contributed by atoms with Crippen LogP contribution in [0.2, 0.25) is 0 Å². The number of carbonyl (C=O) groups is 1. The number of para-hydroxylation sites is 1. The van der Waals surface area contributed by atoms with Crippen LogP contribution in [0.1, 0.15) is 29.3 Å². The van der Waals surface area contributed by atoms with Gasteiger partial charge in [-0.2, -0.15) is 0 Å². The number of aliphatic hydroxyl groups excluding tert-OH is 1. The maximum atomic E-state index is 13.1. The van der Waals surface area contributed by atoms with Gasteiger partial charge in [-0.15, -0.1) is 0 Å². The van der Waals surface area contributed by atoms with E-state index in [4.69, 9.17) is 15.7 Å². The highest BCUT2D eigenvalue weighted by atomic mass is 127. The molecule has 0 bridgehead atoms. The molecule has 0 aliphatic heterocycles. The van der Waals surface area contributed by atoms with Crippen LogP contribution in [-0.4, -0.2) is 23.7 Å². The van der Waals surface area contributed by atoms with E-state index >= 15 is 0 Å². The summed E-state index contributed by atoms with van der Waals surface area (Å²) in [7, 11) is 0. The zero-order chi connectivity index (χ0) is 18.8. The maximum absolute atomic E-state index is 13.1. The zero-order valence-corrected chi connectivity index (χ0v) is 16.3. The van der Waals surface area contributed by atoms with Crippen molar-refractivity contribution < 1.29 is 19.1 Å². The average molecular weight is 460 g/mol. The molecule has 0 aliphatic rings. The van der Waals surface area contributed by atoms with E-state index in [9.17, 15) is 9.18 Å². The van der Waals surface area contributed by atoms with Crippen molar-refractivity contribution in [3.63, 3.8) is 0 Å². The Morgan fingerprint density at radius 2 is 2.04 bits per heavy atom. The highest BCUT2D eigenvalue weighted by molar-refractivity contribution is 14.1. The molecule has 0 radical (unpaired) electrons. The fourth-order valence-electron chi connectivity index (χ4n) is 1.79. The second kappa shape index (κ2) is 11.0. The number of aryl methyl sites for hydroxylation is 1. The second-order valence-corrected chi connectivity index (χ2v) is 6.62. The summed E-state index contributed by atoms with van der Waals surface area (Å²) in [6.45, 7) is 3.74. The van der Waals surface area contributed by atoms with Gasteiger partial charge >= 0.3 is 0 Å². The van der Waals surface area contributed by atoms with Crippen molar-refractivity contribution in [3.8, 4) is 0 Å². The van der Waals surface area contributed by atoms with Crippen molar-refractivity contribution >= 4 is 34.2 Å². The Kier molecular flexibility index (Phi) is 9.40. The quantitative estimate of drug-likeness (QED) is 0.363. The number of hydrogen-bond donors (Lipinski definition) is 3. The Hall–Kier alpha value is -1.71. The minimum Gasteiger partial charge on any atom is -0.396 e. The third-order valence-electron chi connectivity index (χ3n) is 3.17. The standard InChI is InChI=1S/C11H15FN2O3.C7H7I/c1-7(5-6-15)17-14-11(16)8-3-2-4-9(12)10(8)13;1-6-3-2-4-7(8)5-6/h2-4,7,15H,5-6,13H2,1H3,(H,14,16);2-5H,1H3. The summed E-state index contributed by atoms with van der Waals surface area (Å²) >= 11 is 2.31. The lowest BCUT2D eigenvalue weighted by molar-refractivity contribution is -0.0167. The summed E-state index contributed by atoms with van der Waals surface area (Å²) in [6.07, 6.45) is 0.0533. The van der Waals surface area contributed by atoms with Crippen LogP contribution in [0, 0.1) is 16.3 Å². The van der Waals surface area contributed by atoms with Crippen molar-refractivity contribution in [1.82, 2.24) is 5.48 Å². The van der Waals surface area contributed by atoms with E-state index in [0.717, 1.165) is 0 Å². The lowest BCUT2D eigenvalue weighted by Gasteiger charge is -2.12. The van der Waals surface area contributed by atoms with Crippen LogP contribution in [0.5, 0.6) is 0 Å². The fourth-order valence-corrected chi connectivity index (χ4v) is 2.49. The number of aliphatic hydroxyl groups is 1. The molecule has 0 aromatic heterocycles. The van der Waals surface area contributed by atoms with E-state index in [-0.39, 0.29) is 24.0 Å². The van der Waals surface area contributed by atoms with Gasteiger partial charge in [0.05, 0.1) is 17.4 Å². The lowest BCUT2D eigenvalue weighted by Crippen LogP contribution is -2.29. The predicted octanol–water partition coefficient (Wildman–Crippen LogP) is 3.44. The van der Waals surface area contributed by atoms with Crippen LogP contribution in [0.15, 0.2) is 42.5 Å². The molecule has 0 saturated heterocycles. The third kappa shape index (κ3) is 7.80. The van der Waals surface area contributed by atoms with Gasteiger partial charge in [-0.1, -0.05) is 23.8 Å². The molecule has 4 N–H and O–H groups in total. The van der Waals surface area contributed by atoms with E-state index in [1.54, 1.807) is 6.92 Å². The number of nitrogen functional groups attached to an aromatic ring is 1. The van der Waals surface area contributed by atoms with Gasteiger partial charge in [-0.05, 0) is 67.1 Å². The lowest BCUT2D eigenvalue weighted by atomic mass is 10.1. The van der Waals surface area contributed by atoms with Gasteiger partial charge in [-0.3, -0.25) is 9.63 Å². The van der Waals surface area contributed by atoms with E-state index < -0.39 is 11.7 Å². The second-order valence-electron chi connectivity index (χ2n) is 5.37. The SMILES string of the molecule is CC(CCO)ONC(=O)c1cccc(F)c1N.Cc1cccc(I)c1. The first-order valence-electron chi connectivity index (χ1n) is 7.68. The van der Waals surface area contributed by atoms with Crippen LogP contribution in [-0.2, 0) is 4.84 Å². The number of anilines is 1. The summed E-state index contributed by atoms with van der Waals surface area (Å²) in [5.41, 5.74) is 8.70. The Balaban J connectivity index is 0.000000324. The van der Waals surface area contributed by atoms with Gasteiger partial charge in [-0.25, -0.2) is 9.87 Å². The number of carbonyl (C=O) groups excluding carboxylic acids is 1. The topological polar surface area (TPSA) is 84.6 Å². The molecule has 2 aromatic rings. The molecule has 25 heavy (non-hydrogen) atoms. The van der Waals surface area contributed by atoms with Gasteiger partial charge in [0.25, 0.3) is 5.91 Å². The molecule has 5 nitrogen and oxygen atoms in total. The Bertz CT molecular complexity index is 681. The van der Waals surface area contributed by atoms with E-state index in [1.165, 1.54) is 27.3 Å². The van der Waals surface area contributed by atoms with E-state index in [2.05, 4.69) is 59.3 Å². The van der Waals surface area contributed by atoms with Gasteiger partial charge in [0, 0.05) is 10.2 Å². The first-order valence-corrected chi connectivity index (χ1v) is 8.76. The number of rotatable bonds is 5. The fraction of sp³-hybridized carbons (Fsp3) is 0.278. The highest BCUT2D eigenvalue weighted by Gasteiger charge is 2.13. The molecular weight excluding hydrogens is 438 g/mol. The van der Waals surface area contributed by atoms with Gasteiger partial charge in [0.15, 0.2) is 0 Å². The van der Waals surface area contributed by atoms with Gasteiger partial charge in [0.2, 0.25) is 0 Å². The van der Waals surface area contributed by atoms with Crippen molar-refractivity contribution in [2.24, 2.45) is 0 Å². The molecule has 0 heterocycles. The summed E-state index contributed by atoms with van der Waals surface area (Å²) in [6, 6.07) is 12.4. The molecule has 1 unspecified atom stereocenters. The largest absolute Gasteiger partial charge is 0.396 e. The number of benzene rings is 2. The van der Waals surface area contributed by atoms with Crippen LogP contribution in [0.25, 0.3) is 0 Å². The first-order chi connectivity index (χ1) is 11.8. The number of nitrogens with two attached hydrogens (primary N) is 1. The highest BCUT2D eigenvalue weighted by Crippen LogP contribution is 2.15. The molecule has 2 aromatic carbocycles. The van der Waals surface area contributed by atoms with E-state index in [0.29, 0.717) is 6.42 Å². The molecule has 136 valence electrons. The number of nitrogens with one attached hydrogen (secondary N) is 1. The number of hydrogen-bond acceptors (Lipinski definition) is 4. The Morgan fingerprint density at radius 3 is 2.60 bits per heavy atom. The normalized spacial score (nSPS) is 11.2. The van der Waals surface area contributed by atoms with Crippen molar-refractivity contribution in [3.05, 3.63) is 63.0 Å². The summed E-state index contributed by atoms with van der Waals surface area (Å²) in [4.78, 5) is 16.5. The third-order valence-corrected chi connectivity index (χ3v) is 3.84. The maximum Gasteiger partial charge on any atom is 0.277 e. The van der Waals surface area contributed by atoms with Crippen LogP contribution in [0.3, 0.4) is 0 Å². The summed E-state index contributed by atoms with van der Waals surface area (Å²) in [5.74, 6) is -1.27. The Morgan fingerprint density at radius 1 is 1.36 bits per heavy atom. The summed E-state index contributed by atoms with van der Waals surface area (Å²) in [5, 5.41) is 8.64. The molecular formula is C18H22FIN2O3. The predicted molar refractivity (Wildman–Crippen MR) is 104 cm³/mol. The van der Waals surface area contributed by atoms with Crippen molar-refractivity contribution in [2.45, 2.75) is 26.4 Å². The smallest absolute Gasteiger partial charge is 0.277 e. The van der Waals surface area contributed by atoms with Crippen LogP contribution < -0.4 is 11.2 Å². The summed E-state index contributed by atoms with van der Waals surface area (Å²) < 4.78 is 14.4. The van der Waals surface area contributed by atoms with E-state index in [1.807, 2.05) is 0 Å². The molecule has 1 amide bonds. The zero-order valence-electron chi connectivity index (χ0n) is 14.1. The van der Waals surface area contributed by atoms with Gasteiger partial charge < -0.3 is 10.8 Å². The molecule has 0 aliphatic carbocycles.